The fraction of sp³-hybridized carbons (Fsp3) is 0.950. The minimum atomic E-state index is -0.843. The van der Waals surface area contributed by atoms with Crippen molar-refractivity contribution < 1.29 is 24.5 Å². The lowest BCUT2D eigenvalue weighted by Gasteiger charge is -2.20. The van der Waals surface area contributed by atoms with Gasteiger partial charge in [0.25, 0.3) is 0 Å². The molecular formula is C80H157NO5. The number of nitrogens with one attached hydrogen (secondary N) is 1. The standard InChI is InChI=1S/C80H157NO5/c1-3-5-7-9-11-13-15-17-19-20-21-22-23-30-33-36-39-42-45-48-52-56-60-64-68-72-78(83)77(76-82)81-79(84)73-69-65-61-57-53-49-46-43-40-37-34-31-28-26-24-25-27-29-32-35-38-41-44-47-51-55-59-63-67-71-75-86-80(85)74-70-66-62-58-54-50-18-16-14-12-10-8-6-4-2/h68,72,77-78,82-83H,3-67,69-71,73-76H2,1-2H3,(H,81,84)/b72-68+. The summed E-state index contributed by atoms with van der Waals surface area (Å²) in [6.07, 6.45) is 96.2. The van der Waals surface area contributed by atoms with Gasteiger partial charge in [0.1, 0.15) is 0 Å². The Balaban J connectivity index is 3.35. The van der Waals surface area contributed by atoms with Crippen LogP contribution in [0, 0.1) is 0 Å². The molecule has 512 valence electrons. The van der Waals surface area contributed by atoms with Crippen molar-refractivity contribution >= 4 is 11.9 Å². The molecule has 0 bridgehead atoms. The fourth-order valence-electron chi connectivity index (χ4n) is 13.0. The molecule has 6 heteroatoms. The molecule has 0 heterocycles. The molecule has 2 atom stereocenters. The Bertz CT molecular complexity index is 1300. The van der Waals surface area contributed by atoms with E-state index in [1.165, 1.54) is 398 Å². The Morgan fingerprint density at radius 1 is 0.314 bits per heavy atom. The number of esters is 1. The first kappa shape index (κ1) is 84.6. The molecule has 0 aromatic carbocycles. The molecule has 86 heavy (non-hydrogen) atoms. The zero-order valence-corrected chi connectivity index (χ0v) is 58.8. The molecule has 0 aromatic heterocycles. The summed E-state index contributed by atoms with van der Waals surface area (Å²) in [5, 5.41) is 23.3. The van der Waals surface area contributed by atoms with Crippen LogP contribution in [-0.2, 0) is 14.3 Å². The third-order valence-corrected chi connectivity index (χ3v) is 19.1. The van der Waals surface area contributed by atoms with Crippen LogP contribution in [0.4, 0.5) is 0 Å². The van der Waals surface area contributed by atoms with E-state index < -0.39 is 12.1 Å². The number of amides is 1. The molecule has 0 aliphatic carbocycles. The molecule has 0 fully saturated rings. The fourth-order valence-corrected chi connectivity index (χ4v) is 13.0. The van der Waals surface area contributed by atoms with E-state index in [0.717, 1.165) is 38.5 Å². The summed E-state index contributed by atoms with van der Waals surface area (Å²) in [4.78, 5) is 24.6. The molecular weight excluding hydrogens is 1050 g/mol. The molecule has 1 amide bonds. The number of hydrogen-bond acceptors (Lipinski definition) is 5. The average Bonchev–Trinajstić information content (AvgIpc) is 3.58. The van der Waals surface area contributed by atoms with Crippen molar-refractivity contribution in [2.45, 2.75) is 475 Å². The molecule has 2 unspecified atom stereocenters. The summed E-state index contributed by atoms with van der Waals surface area (Å²) in [6, 6.07) is -0.626. The highest BCUT2D eigenvalue weighted by molar-refractivity contribution is 5.76. The lowest BCUT2D eigenvalue weighted by atomic mass is 10.0. The minimum Gasteiger partial charge on any atom is -0.466 e. The van der Waals surface area contributed by atoms with Crippen LogP contribution < -0.4 is 5.32 Å². The first-order chi connectivity index (χ1) is 42.5. The number of rotatable bonds is 76. The van der Waals surface area contributed by atoms with Crippen LogP contribution in [0.25, 0.3) is 0 Å². The first-order valence-corrected chi connectivity index (χ1v) is 40.0. The van der Waals surface area contributed by atoms with Crippen LogP contribution in [0.1, 0.15) is 463 Å². The van der Waals surface area contributed by atoms with Crippen LogP contribution >= 0.6 is 0 Å². The van der Waals surface area contributed by atoms with Crippen molar-refractivity contribution in [3.63, 3.8) is 0 Å². The van der Waals surface area contributed by atoms with Gasteiger partial charge in [-0.15, -0.1) is 0 Å². The monoisotopic (exact) mass is 1210 g/mol. The summed E-state index contributed by atoms with van der Waals surface area (Å²) in [5.74, 6) is -0.0347. The van der Waals surface area contributed by atoms with Crippen LogP contribution in [0.2, 0.25) is 0 Å². The number of allylic oxidation sites excluding steroid dienone is 1. The number of aliphatic hydroxyl groups is 2. The predicted molar refractivity (Wildman–Crippen MR) is 380 cm³/mol. The zero-order chi connectivity index (χ0) is 62.0. The van der Waals surface area contributed by atoms with E-state index in [-0.39, 0.29) is 18.5 Å². The van der Waals surface area contributed by atoms with E-state index in [9.17, 15) is 19.8 Å². The van der Waals surface area contributed by atoms with Gasteiger partial charge in [0.2, 0.25) is 5.91 Å². The molecule has 0 radical (unpaired) electrons. The maximum Gasteiger partial charge on any atom is 0.305 e. The Hall–Kier alpha value is -1.40. The summed E-state index contributed by atoms with van der Waals surface area (Å²) in [5.41, 5.74) is 0. The lowest BCUT2D eigenvalue weighted by molar-refractivity contribution is -0.143. The zero-order valence-electron chi connectivity index (χ0n) is 58.8. The number of carbonyl (C=O) groups is 2. The van der Waals surface area contributed by atoms with E-state index in [0.29, 0.717) is 19.4 Å². The number of carbonyl (C=O) groups excluding carboxylic acids is 2. The molecule has 0 aromatic rings. The highest BCUT2D eigenvalue weighted by atomic mass is 16.5. The Morgan fingerprint density at radius 3 is 0.791 bits per heavy atom. The van der Waals surface area contributed by atoms with E-state index >= 15 is 0 Å². The average molecular weight is 1210 g/mol. The van der Waals surface area contributed by atoms with Crippen molar-refractivity contribution in [1.82, 2.24) is 5.32 Å². The van der Waals surface area contributed by atoms with Gasteiger partial charge in [-0.25, -0.2) is 0 Å². The normalized spacial score (nSPS) is 12.5. The number of ether oxygens (including phenoxy) is 1. The van der Waals surface area contributed by atoms with Crippen LogP contribution in [0.15, 0.2) is 12.2 Å². The van der Waals surface area contributed by atoms with Crippen molar-refractivity contribution in [3.05, 3.63) is 12.2 Å². The molecule has 6 nitrogen and oxygen atoms in total. The lowest BCUT2D eigenvalue weighted by Crippen LogP contribution is -2.45. The molecule has 0 aliphatic heterocycles. The predicted octanol–water partition coefficient (Wildman–Crippen LogP) is 26.3. The third-order valence-electron chi connectivity index (χ3n) is 19.1. The minimum absolute atomic E-state index is 0.0234. The molecule has 0 rings (SSSR count). The quantitative estimate of drug-likeness (QED) is 0.0320. The maximum atomic E-state index is 12.6. The molecule has 0 saturated heterocycles. The Labute approximate surface area is 539 Å². The molecule has 0 spiro atoms. The molecule has 0 saturated carbocycles. The van der Waals surface area contributed by atoms with Crippen LogP contribution in [-0.4, -0.2) is 47.4 Å². The molecule has 0 aliphatic rings. The largest absolute Gasteiger partial charge is 0.466 e. The van der Waals surface area contributed by atoms with Crippen molar-refractivity contribution in [3.8, 4) is 0 Å². The first-order valence-electron chi connectivity index (χ1n) is 40.0. The smallest absolute Gasteiger partial charge is 0.305 e. The van der Waals surface area contributed by atoms with E-state index in [1.54, 1.807) is 6.08 Å². The van der Waals surface area contributed by atoms with E-state index in [1.807, 2.05) is 6.08 Å². The second-order valence-corrected chi connectivity index (χ2v) is 27.8. The van der Waals surface area contributed by atoms with Crippen LogP contribution in [0.3, 0.4) is 0 Å². The number of hydrogen-bond donors (Lipinski definition) is 3. The van der Waals surface area contributed by atoms with Gasteiger partial charge in [0.15, 0.2) is 0 Å². The highest BCUT2D eigenvalue weighted by Gasteiger charge is 2.18. The van der Waals surface area contributed by atoms with Gasteiger partial charge < -0.3 is 20.3 Å². The van der Waals surface area contributed by atoms with Gasteiger partial charge in [-0.2, -0.15) is 0 Å². The van der Waals surface area contributed by atoms with Gasteiger partial charge in [0, 0.05) is 12.8 Å². The van der Waals surface area contributed by atoms with Gasteiger partial charge in [0.05, 0.1) is 25.4 Å². The van der Waals surface area contributed by atoms with Crippen molar-refractivity contribution in [1.29, 1.82) is 0 Å². The number of unbranched alkanes of at least 4 members (excludes halogenated alkanes) is 65. The van der Waals surface area contributed by atoms with Crippen molar-refractivity contribution in [2.75, 3.05) is 13.2 Å². The van der Waals surface area contributed by atoms with E-state index in [2.05, 4.69) is 19.2 Å². The topological polar surface area (TPSA) is 95.9 Å². The van der Waals surface area contributed by atoms with Gasteiger partial charge in [-0.3, -0.25) is 9.59 Å². The molecule has 3 N–H and O–H groups in total. The van der Waals surface area contributed by atoms with Gasteiger partial charge >= 0.3 is 5.97 Å². The summed E-state index contributed by atoms with van der Waals surface area (Å²) >= 11 is 0. The van der Waals surface area contributed by atoms with Gasteiger partial charge in [-0.05, 0) is 32.1 Å². The van der Waals surface area contributed by atoms with Gasteiger partial charge in [-0.1, -0.05) is 431 Å². The second-order valence-electron chi connectivity index (χ2n) is 27.8. The summed E-state index contributed by atoms with van der Waals surface area (Å²) in [7, 11) is 0. The SMILES string of the molecule is CCCCCCCCCCCCCCCCCCCCCCCCC/C=C/C(O)C(CO)NC(=O)CCCCCCCCCCCCCCCCCCCCCCCCCCCCCCCCOC(=O)CCCCCCCCCCCCCCCC. The maximum absolute atomic E-state index is 12.6. The Morgan fingerprint density at radius 2 is 0.535 bits per heavy atom. The Kier molecular flexibility index (Phi) is 74.8. The van der Waals surface area contributed by atoms with Crippen molar-refractivity contribution in [2.24, 2.45) is 0 Å². The second kappa shape index (κ2) is 76.1. The van der Waals surface area contributed by atoms with E-state index in [4.69, 9.17) is 4.74 Å². The van der Waals surface area contributed by atoms with Crippen LogP contribution in [0.5, 0.6) is 0 Å². The highest BCUT2D eigenvalue weighted by Crippen LogP contribution is 2.20. The summed E-state index contributed by atoms with van der Waals surface area (Å²) < 4.78 is 5.50. The number of aliphatic hydroxyl groups excluding tert-OH is 2. The summed E-state index contributed by atoms with van der Waals surface area (Å²) in [6.45, 7) is 4.97. The third kappa shape index (κ3) is 71.7.